The van der Waals surface area contributed by atoms with Crippen LogP contribution in [0.15, 0.2) is 23.1 Å². The zero-order chi connectivity index (χ0) is 14.0. The summed E-state index contributed by atoms with van der Waals surface area (Å²) in [6.07, 6.45) is 3.84. The van der Waals surface area contributed by atoms with Crippen molar-refractivity contribution >= 4 is 9.84 Å². The van der Waals surface area contributed by atoms with Gasteiger partial charge in [0.15, 0.2) is 9.84 Å². The van der Waals surface area contributed by atoms with Gasteiger partial charge in [-0.1, -0.05) is 25.0 Å². The highest BCUT2D eigenvalue weighted by Gasteiger charge is 2.36. The van der Waals surface area contributed by atoms with E-state index in [0.717, 1.165) is 36.8 Å². The highest BCUT2D eigenvalue weighted by Crippen LogP contribution is 2.30. The second kappa shape index (κ2) is 5.63. The molecule has 0 aromatic heterocycles. The molecule has 1 saturated carbocycles. The molecule has 0 radical (unpaired) electrons. The van der Waals surface area contributed by atoms with E-state index in [1.165, 1.54) is 0 Å². The molecule has 106 valence electrons. The van der Waals surface area contributed by atoms with Gasteiger partial charge in [0.25, 0.3) is 0 Å². The van der Waals surface area contributed by atoms with Crippen LogP contribution < -0.4 is 5.32 Å². The number of sulfone groups is 1. The Labute approximate surface area is 116 Å². The summed E-state index contributed by atoms with van der Waals surface area (Å²) in [5.41, 5.74) is 1.85. The fourth-order valence-corrected chi connectivity index (χ4v) is 5.35. The maximum atomic E-state index is 12.9. The van der Waals surface area contributed by atoms with Crippen molar-refractivity contribution in [2.24, 2.45) is 0 Å². The molecule has 0 bridgehead atoms. The van der Waals surface area contributed by atoms with E-state index in [2.05, 4.69) is 5.32 Å². The van der Waals surface area contributed by atoms with E-state index >= 15 is 0 Å². The van der Waals surface area contributed by atoms with E-state index in [1.54, 1.807) is 0 Å². The molecule has 2 rings (SSSR count). The Morgan fingerprint density at radius 3 is 2.53 bits per heavy atom. The Morgan fingerprint density at radius 2 is 1.84 bits per heavy atom. The van der Waals surface area contributed by atoms with E-state index < -0.39 is 9.84 Å². The largest absolute Gasteiger partial charge is 0.316 e. The molecule has 0 amide bonds. The van der Waals surface area contributed by atoms with Crippen molar-refractivity contribution in [1.82, 2.24) is 5.32 Å². The third kappa shape index (κ3) is 2.84. The average molecular weight is 281 g/mol. The first-order valence-corrected chi connectivity index (χ1v) is 8.50. The molecule has 2 atom stereocenters. The summed E-state index contributed by atoms with van der Waals surface area (Å²) in [4.78, 5) is 0.514. The molecule has 1 aliphatic carbocycles. The Bertz CT molecular complexity index is 551. The molecule has 1 N–H and O–H groups in total. The zero-order valence-corrected chi connectivity index (χ0v) is 12.8. The molecule has 19 heavy (non-hydrogen) atoms. The van der Waals surface area contributed by atoms with Gasteiger partial charge in [-0.25, -0.2) is 8.42 Å². The molecule has 0 saturated heterocycles. The molecule has 4 heteroatoms. The second-order valence-corrected chi connectivity index (χ2v) is 7.67. The van der Waals surface area contributed by atoms with Crippen LogP contribution in [0.2, 0.25) is 0 Å². The third-order valence-electron chi connectivity index (χ3n) is 4.12. The zero-order valence-electron chi connectivity index (χ0n) is 11.9. The second-order valence-electron chi connectivity index (χ2n) is 5.53. The van der Waals surface area contributed by atoms with Crippen LogP contribution in [0.3, 0.4) is 0 Å². The standard InChI is InChI=1S/C15H23NO2S/c1-11-8-9-12(2)15(10-11)19(17,18)14-7-5-4-6-13(14)16-3/h8-10,13-14,16H,4-7H2,1-3H3. The first-order chi connectivity index (χ1) is 8.96. The fraction of sp³-hybridized carbons (Fsp3) is 0.600. The summed E-state index contributed by atoms with van der Waals surface area (Å²) in [6.45, 7) is 3.82. The minimum atomic E-state index is -3.24. The summed E-state index contributed by atoms with van der Waals surface area (Å²) in [5, 5.41) is 2.90. The van der Waals surface area contributed by atoms with Crippen molar-refractivity contribution in [3.8, 4) is 0 Å². The number of nitrogens with one attached hydrogen (secondary N) is 1. The quantitative estimate of drug-likeness (QED) is 0.926. The molecule has 3 nitrogen and oxygen atoms in total. The molecule has 2 unspecified atom stereocenters. The first kappa shape index (κ1) is 14.5. The van der Waals surface area contributed by atoms with Gasteiger partial charge in [-0.05, 0) is 50.9 Å². The van der Waals surface area contributed by atoms with Gasteiger partial charge in [0.05, 0.1) is 10.1 Å². The van der Waals surface area contributed by atoms with E-state index in [4.69, 9.17) is 0 Å². The Hall–Kier alpha value is -0.870. The lowest BCUT2D eigenvalue weighted by atomic mass is 9.95. The molecule has 1 fully saturated rings. The van der Waals surface area contributed by atoms with Crippen LogP contribution in [-0.4, -0.2) is 26.8 Å². The van der Waals surface area contributed by atoms with Crippen molar-refractivity contribution in [3.63, 3.8) is 0 Å². The van der Waals surface area contributed by atoms with Crippen molar-refractivity contribution in [3.05, 3.63) is 29.3 Å². The van der Waals surface area contributed by atoms with Gasteiger partial charge in [-0.2, -0.15) is 0 Å². The van der Waals surface area contributed by atoms with Crippen LogP contribution in [0.1, 0.15) is 36.8 Å². The van der Waals surface area contributed by atoms with Gasteiger partial charge in [-0.15, -0.1) is 0 Å². The van der Waals surface area contributed by atoms with Gasteiger partial charge < -0.3 is 5.32 Å². The van der Waals surface area contributed by atoms with Crippen LogP contribution in [0.25, 0.3) is 0 Å². The maximum absolute atomic E-state index is 12.9. The van der Waals surface area contributed by atoms with E-state index in [1.807, 2.05) is 39.1 Å². The lowest BCUT2D eigenvalue weighted by Crippen LogP contribution is -2.44. The average Bonchev–Trinajstić information content (AvgIpc) is 2.41. The van der Waals surface area contributed by atoms with Gasteiger partial charge in [-0.3, -0.25) is 0 Å². The SMILES string of the molecule is CNC1CCCCC1S(=O)(=O)c1cc(C)ccc1C. The van der Waals surface area contributed by atoms with Crippen molar-refractivity contribution in [1.29, 1.82) is 0 Å². The summed E-state index contributed by atoms with van der Waals surface area (Å²) in [5.74, 6) is 0. The van der Waals surface area contributed by atoms with E-state index in [0.29, 0.717) is 4.90 Å². The van der Waals surface area contributed by atoms with Crippen LogP contribution in [0.4, 0.5) is 0 Å². The van der Waals surface area contributed by atoms with Gasteiger partial charge >= 0.3 is 0 Å². The Balaban J connectivity index is 2.43. The number of benzene rings is 1. The molecule has 0 heterocycles. The molecule has 0 aliphatic heterocycles. The maximum Gasteiger partial charge on any atom is 0.183 e. The summed E-state index contributed by atoms with van der Waals surface area (Å²) in [7, 11) is -1.38. The predicted octanol–water partition coefficient (Wildman–Crippen LogP) is 2.61. The first-order valence-electron chi connectivity index (χ1n) is 6.95. The highest BCUT2D eigenvalue weighted by atomic mass is 32.2. The number of hydrogen-bond donors (Lipinski definition) is 1. The van der Waals surface area contributed by atoms with Crippen molar-refractivity contribution in [2.75, 3.05) is 7.05 Å². The topological polar surface area (TPSA) is 46.2 Å². The number of hydrogen-bond acceptors (Lipinski definition) is 3. The van der Waals surface area contributed by atoms with E-state index in [-0.39, 0.29) is 11.3 Å². The van der Waals surface area contributed by atoms with E-state index in [9.17, 15) is 8.42 Å². The monoisotopic (exact) mass is 281 g/mol. The summed E-state index contributed by atoms with van der Waals surface area (Å²) < 4.78 is 25.8. The summed E-state index contributed by atoms with van der Waals surface area (Å²) in [6, 6.07) is 5.76. The minimum Gasteiger partial charge on any atom is -0.316 e. The van der Waals surface area contributed by atoms with Crippen LogP contribution >= 0.6 is 0 Å². The van der Waals surface area contributed by atoms with Crippen molar-refractivity contribution < 1.29 is 8.42 Å². The molecular formula is C15H23NO2S. The lowest BCUT2D eigenvalue weighted by Gasteiger charge is -2.31. The molecule has 1 aliphatic rings. The Morgan fingerprint density at radius 1 is 1.16 bits per heavy atom. The lowest BCUT2D eigenvalue weighted by molar-refractivity contribution is 0.389. The van der Waals surface area contributed by atoms with Crippen molar-refractivity contribution in [2.45, 2.75) is 55.7 Å². The normalized spacial score (nSPS) is 24.4. The smallest absolute Gasteiger partial charge is 0.183 e. The number of aryl methyl sites for hydroxylation is 2. The molecule has 1 aromatic carbocycles. The van der Waals surface area contributed by atoms with Gasteiger partial charge in [0, 0.05) is 6.04 Å². The molecular weight excluding hydrogens is 258 g/mol. The highest BCUT2D eigenvalue weighted by molar-refractivity contribution is 7.92. The fourth-order valence-electron chi connectivity index (χ4n) is 2.98. The third-order valence-corrected chi connectivity index (χ3v) is 6.54. The summed E-state index contributed by atoms with van der Waals surface area (Å²) >= 11 is 0. The van der Waals surface area contributed by atoms with Gasteiger partial charge in [0.2, 0.25) is 0 Å². The van der Waals surface area contributed by atoms with Crippen LogP contribution in [0, 0.1) is 13.8 Å². The molecule has 0 spiro atoms. The minimum absolute atomic E-state index is 0.0821. The Kier molecular flexibility index (Phi) is 4.31. The predicted molar refractivity (Wildman–Crippen MR) is 78.2 cm³/mol. The number of rotatable bonds is 3. The van der Waals surface area contributed by atoms with Crippen LogP contribution in [0.5, 0.6) is 0 Å². The van der Waals surface area contributed by atoms with Crippen LogP contribution in [-0.2, 0) is 9.84 Å². The molecule has 1 aromatic rings. The van der Waals surface area contributed by atoms with Gasteiger partial charge in [0.1, 0.15) is 0 Å².